The van der Waals surface area contributed by atoms with Crippen LogP contribution in [0.25, 0.3) is 0 Å². The molecule has 0 spiro atoms. The third-order valence-corrected chi connectivity index (χ3v) is 6.03. The van der Waals surface area contributed by atoms with Crippen LogP contribution in [0, 0.1) is 10.9 Å². The highest BCUT2D eigenvalue weighted by Gasteiger charge is 2.08. The predicted octanol–water partition coefficient (Wildman–Crippen LogP) is 7.88. The topological polar surface area (TPSA) is 34.9 Å². The van der Waals surface area contributed by atoms with Gasteiger partial charge in [-0.3, -0.25) is 4.79 Å². The highest BCUT2D eigenvalue weighted by atomic mass is 32.1. The molecular weight excluding hydrogens is 360 g/mol. The van der Waals surface area contributed by atoms with Gasteiger partial charge < -0.3 is 0 Å². The van der Waals surface area contributed by atoms with E-state index < -0.39 is 0 Å². The SMILES string of the molecule is CCCCCCCCCCCCCCCCCC(=O)n1nc(C)sc1=S. The molecule has 0 atom stereocenters. The largest absolute Gasteiger partial charge is 0.273 e. The zero-order chi connectivity index (χ0) is 19.0. The number of hydrogen-bond acceptors (Lipinski definition) is 4. The average Bonchev–Trinajstić information content (AvgIpc) is 2.96. The molecule has 0 radical (unpaired) electrons. The summed E-state index contributed by atoms with van der Waals surface area (Å²) < 4.78 is 1.98. The van der Waals surface area contributed by atoms with Crippen molar-refractivity contribution in [1.82, 2.24) is 9.78 Å². The molecule has 0 bridgehead atoms. The van der Waals surface area contributed by atoms with Crippen LogP contribution in [0.3, 0.4) is 0 Å². The molecule has 0 N–H and O–H groups in total. The first-order valence-corrected chi connectivity index (χ1v) is 12.0. The molecule has 1 aromatic rings. The van der Waals surface area contributed by atoms with Crippen molar-refractivity contribution < 1.29 is 4.79 Å². The second kappa shape index (κ2) is 15.5. The van der Waals surface area contributed by atoms with Crippen LogP contribution in [0.15, 0.2) is 0 Å². The Balaban J connectivity index is 1.84. The Bertz CT molecular complexity index is 536. The summed E-state index contributed by atoms with van der Waals surface area (Å²) in [6, 6.07) is 0. The Hall–Kier alpha value is -0.550. The lowest BCUT2D eigenvalue weighted by molar-refractivity contribution is 0.0881. The number of hydrogen-bond donors (Lipinski definition) is 0. The van der Waals surface area contributed by atoms with Crippen molar-refractivity contribution in [3.05, 3.63) is 8.96 Å². The number of nitrogens with zero attached hydrogens (tertiary/aromatic N) is 2. The molecule has 0 unspecified atom stereocenters. The standard InChI is InChI=1S/C21H38N2OS2/c1-3-4-5-6-7-8-9-10-11-12-13-14-15-16-17-18-20(24)23-21(25)26-19(2)22-23/h3-18H2,1-2H3. The van der Waals surface area contributed by atoms with Gasteiger partial charge in [0, 0.05) is 6.42 Å². The van der Waals surface area contributed by atoms with E-state index in [-0.39, 0.29) is 5.91 Å². The Kier molecular flexibility index (Phi) is 14.0. The summed E-state index contributed by atoms with van der Waals surface area (Å²) in [5.41, 5.74) is 0. The summed E-state index contributed by atoms with van der Waals surface area (Å²) in [7, 11) is 0. The fourth-order valence-corrected chi connectivity index (χ4v) is 4.39. The van der Waals surface area contributed by atoms with Crippen LogP contribution in [0.4, 0.5) is 0 Å². The summed E-state index contributed by atoms with van der Waals surface area (Å²) in [6.45, 7) is 4.16. The van der Waals surface area contributed by atoms with E-state index >= 15 is 0 Å². The fraction of sp³-hybridized carbons (Fsp3) is 0.857. The number of rotatable bonds is 16. The molecule has 0 amide bonds. The molecule has 3 nitrogen and oxygen atoms in total. The van der Waals surface area contributed by atoms with Gasteiger partial charge in [0.2, 0.25) is 5.91 Å². The van der Waals surface area contributed by atoms with E-state index in [1.165, 1.54) is 99.5 Å². The number of carbonyl (C=O) groups excluding carboxylic acids is 1. The van der Waals surface area contributed by atoms with E-state index in [4.69, 9.17) is 12.2 Å². The van der Waals surface area contributed by atoms with Crippen LogP contribution < -0.4 is 0 Å². The van der Waals surface area contributed by atoms with Crippen molar-refractivity contribution in [2.24, 2.45) is 0 Å². The smallest absolute Gasteiger partial charge is 0.248 e. The molecule has 5 heteroatoms. The first-order chi connectivity index (χ1) is 12.6. The molecule has 0 saturated heterocycles. The van der Waals surface area contributed by atoms with Gasteiger partial charge in [0.25, 0.3) is 0 Å². The number of aromatic nitrogens is 2. The minimum Gasteiger partial charge on any atom is -0.273 e. The van der Waals surface area contributed by atoms with Gasteiger partial charge in [-0.2, -0.15) is 9.78 Å². The molecule has 0 fully saturated rings. The Morgan fingerprint density at radius 1 is 0.846 bits per heavy atom. The van der Waals surface area contributed by atoms with E-state index in [1.807, 2.05) is 6.92 Å². The quantitative estimate of drug-likeness (QED) is 0.210. The zero-order valence-electron chi connectivity index (χ0n) is 16.9. The van der Waals surface area contributed by atoms with Crippen LogP contribution in [0.5, 0.6) is 0 Å². The van der Waals surface area contributed by atoms with Crippen molar-refractivity contribution in [3.63, 3.8) is 0 Å². The maximum Gasteiger partial charge on any atom is 0.248 e. The molecule has 0 saturated carbocycles. The average molecular weight is 399 g/mol. The molecule has 150 valence electrons. The predicted molar refractivity (Wildman–Crippen MR) is 116 cm³/mol. The second-order valence-electron chi connectivity index (χ2n) is 7.39. The number of carbonyl (C=O) groups is 1. The van der Waals surface area contributed by atoms with Gasteiger partial charge in [-0.1, -0.05) is 108 Å². The second-order valence-corrected chi connectivity index (χ2v) is 9.22. The fourth-order valence-electron chi connectivity index (χ4n) is 3.28. The van der Waals surface area contributed by atoms with Crippen molar-refractivity contribution in [2.75, 3.05) is 0 Å². The van der Waals surface area contributed by atoms with Gasteiger partial charge >= 0.3 is 0 Å². The number of unbranched alkanes of at least 4 members (excludes halogenated alkanes) is 14. The number of aryl methyl sites for hydroxylation is 1. The van der Waals surface area contributed by atoms with Crippen LogP contribution >= 0.6 is 23.6 Å². The molecule has 1 aromatic heterocycles. The van der Waals surface area contributed by atoms with Crippen LogP contribution in [0.1, 0.15) is 119 Å². The minimum atomic E-state index is 0.0500. The molecule has 1 heterocycles. The van der Waals surface area contributed by atoms with Gasteiger partial charge in [-0.15, -0.1) is 0 Å². The summed E-state index contributed by atoms with van der Waals surface area (Å²) in [5, 5.41) is 5.04. The van der Waals surface area contributed by atoms with Crippen molar-refractivity contribution >= 4 is 29.5 Å². The lowest BCUT2D eigenvalue weighted by Crippen LogP contribution is -2.12. The van der Waals surface area contributed by atoms with Gasteiger partial charge in [-0.05, 0) is 25.6 Å². The van der Waals surface area contributed by atoms with Gasteiger partial charge in [0.15, 0.2) is 3.95 Å². The van der Waals surface area contributed by atoms with Crippen LogP contribution in [-0.2, 0) is 0 Å². The highest BCUT2D eigenvalue weighted by molar-refractivity contribution is 7.73. The third-order valence-electron chi connectivity index (χ3n) is 4.88. The van der Waals surface area contributed by atoms with Gasteiger partial charge in [0.05, 0.1) is 0 Å². The van der Waals surface area contributed by atoms with E-state index in [0.29, 0.717) is 10.4 Å². The lowest BCUT2D eigenvalue weighted by atomic mass is 10.0. The molecule has 26 heavy (non-hydrogen) atoms. The normalized spacial score (nSPS) is 11.2. The van der Waals surface area contributed by atoms with E-state index in [2.05, 4.69) is 12.0 Å². The molecule has 0 aliphatic carbocycles. The maximum absolute atomic E-state index is 12.1. The van der Waals surface area contributed by atoms with Gasteiger partial charge in [-0.25, -0.2) is 0 Å². The third kappa shape index (κ3) is 11.2. The molecular formula is C21H38N2OS2. The molecule has 1 rings (SSSR count). The van der Waals surface area contributed by atoms with E-state index in [9.17, 15) is 4.79 Å². The molecule has 0 aliphatic rings. The van der Waals surface area contributed by atoms with Gasteiger partial charge in [0.1, 0.15) is 5.01 Å². The minimum absolute atomic E-state index is 0.0500. The van der Waals surface area contributed by atoms with Crippen LogP contribution in [-0.4, -0.2) is 15.7 Å². The van der Waals surface area contributed by atoms with Crippen molar-refractivity contribution in [2.45, 2.75) is 117 Å². The Labute approximate surface area is 169 Å². The Morgan fingerprint density at radius 3 is 1.65 bits per heavy atom. The summed E-state index contributed by atoms with van der Waals surface area (Å²) in [6.07, 6.45) is 20.6. The molecule has 0 aliphatic heterocycles. The first-order valence-electron chi connectivity index (χ1n) is 10.7. The molecule has 0 aromatic carbocycles. The van der Waals surface area contributed by atoms with Crippen LogP contribution in [0.2, 0.25) is 0 Å². The zero-order valence-corrected chi connectivity index (χ0v) is 18.6. The van der Waals surface area contributed by atoms with Crippen molar-refractivity contribution in [1.29, 1.82) is 0 Å². The Morgan fingerprint density at radius 2 is 1.27 bits per heavy atom. The first kappa shape index (κ1) is 23.5. The lowest BCUT2D eigenvalue weighted by Gasteiger charge is -2.03. The summed E-state index contributed by atoms with van der Waals surface area (Å²) in [5.74, 6) is 0.0500. The maximum atomic E-state index is 12.1. The summed E-state index contributed by atoms with van der Waals surface area (Å²) >= 11 is 6.57. The monoisotopic (exact) mass is 398 g/mol. The van der Waals surface area contributed by atoms with E-state index in [1.54, 1.807) is 0 Å². The highest BCUT2D eigenvalue weighted by Crippen LogP contribution is 2.14. The van der Waals surface area contributed by atoms with E-state index in [0.717, 1.165) is 17.8 Å². The van der Waals surface area contributed by atoms with Crippen molar-refractivity contribution in [3.8, 4) is 0 Å². The summed E-state index contributed by atoms with van der Waals surface area (Å²) in [4.78, 5) is 12.1.